The highest BCUT2D eigenvalue weighted by atomic mass is 19.1. The maximum Gasteiger partial charge on any atom is 0.327 e. The topological polar surface area (TPSA) is 46.9 Å². The fourth-order valence-corrected chi connectivity index (χ4v) is 2.94. The van der Waals surface area contributed by atoms with Crippen LogP contribution in [-0.4, -0.2) is 15.6 Å². The Hall–Kier alpha value is -2.17. The average Bonchev–Trinajstić information content (AvgIpc) is 3.10. The van der Waals surface area contributed by atoms with E-state index in [-0.39, 0.29) is 11.8 Å². The molecule has 0 aliphatic heterocycles. The molecule has 1 N–H and O–H groups in total. The summed E-state index contributed by atoms with van der Waals surface area (Å²) in [4.78, 5) is 16.1. The Morgan fingerprint density at radius 2 is 2.05 bits per heavy atom. The molecule has 0 saturated heterocycles. The standard InChI is InChI=1S/C15H16FN3O/c16-13-6-2-1-5-12(13)15(7-3-4-8-15)18-14(20)19-10-9-17-11-19/h1-2,5-6,9-11H,3-4,7-8H2,(H,18,20). The Labute approximate surface area is 116 Å². The van der Waals surface area contributed by atoms with E-state index in [0.717, 1.165) is 25.7 Å². The lowest BCUT2D eigenvalue weighted by molar-refractivity contribution is 0.225. The summed E-state index contributed by atoms with van der Waals surface area (Å²) in [5.41, 5.74) is -0.0295. The molecular formula is C15H16FN3O. The summed E-state index contributed by atoms with van der Waals surface area (Å²) >= 11 is 0. The second kappa shape index (κ2) is 5.07. The van der Waals surface area contributed by atoms with Gasteiger partial charge in [-0.2, -0.15) is 0 Å². The number of hydrogen-bond acceptors (Lipinski definition) is 2. The van der Waals surface area contributed by atoms with Crippen LogP contribution in [0.3, 0.4) is 0 Å². The van der Waals surface area contributed by atoms with Gasteiger partial charge in [0.05, 0.1) is 5.54 Å². The number of halogens is 1. The van der Waals surface area contributed by atoms with Crippen LogP contribution in [0.25, 0.3) is 0 Å². The summed E-state index contributed by atoms with van der Waals surface area (Å²) in [7, 11) is 0. The summed E-state index contributed by atoms with van der Waals surface area (Å²) in [5, 5.41) is 3.00. The number of nitrogens with zero attached hydrogens (tertiary/aromatic N) is 2. The van der Waals surface area contributed by atoms with Crippen molar-refractivity contribution < 1.29 is 9.18 Å². The molecular weight excluding hydrogens is 257 g/mol. The monoisotopic (exact) mass is 273 g/mol. The number of amides is 1. The predicted octanol–water partition coefficient (Wildman–Crippen LogP) is 3.05. The number of hydrogen-bond donors (Lipinski definition) is 1. The zero-order chi connectivity index (χ0) is 14.0. The van der Waals surface area contributed by atoms with Gasteiger partial charge in [-0.25, -0.2) is 14.2 Å². The third kappa shape index (κ3) is 2.19. The van der Waals surface area contributed by atoms with Gasteiger partial charge in [0.2, 0.25) is 0 Å². The van der Waals surface area contributed by atoms with Gasteiger partial charge in [-0.15, -0.1) is 0 Å². The molecule has 5 heteroatoms. The number of carbonyl (C=O) groups excluding carboxylic acids is 1. The molecule has 1 aliphatic carbocycles. The quantitative estimate of drug-likeness (QED) is 0.914. The molecule has 1 aromatic heterocycles. The first-order chi connectivity index (χ1) is 9.71. The molecule has 1 aliphatic rings. The molecule has 20 heavy (non-hydrogen) atoms. The first kappa shape index (κ1) is 12.8. The van der Waals surface area contributed by atoms with Crippen molar-refractivity contribution in [3.05, 3.63) is 54.4 Å². The molecule has 0 atom stereocenters. The van der Waals surface area contributed by atoms with Crippen LogP contribution in [0.15, 0.2) is 43.0 Å². The SMILES string of the molecule is O=C(NC1(c2ccccc2F)CCCC1)n1ccnc1. The van der Waals surface area contributed by atoms with Crippen molar-refractivity contribution >= 4 is 6.03 Å². The zero-order valence-corrected chi connectivity index (χ0v) is 11.1. The highest BCUT2D eigenvalue weighted by molar-refractivity contribution is 5.77. The Kier molecular flexibility index (Phi) is 3.26. The van der Waals surface area contributed by atoms with Crippen molar-refractivity contribution in [3.8, 4) is 0 Å². The fraction of sp³-hybridized carbons (Fsp3) is 0.333. The Morgan fingerprint density at radius 3 is 2.70 bits per heavy atom. The summed E-state index contributed by atoms with van der Waals surface area (Å²) in [6.07, 6.45) is 8.06. The van der Waals surface area contributed by atoms with E-state index in [1.807, 2.05) is 6.07 Å². The number of aromatic nitrogens is 2. The lowest BCUT2D eigenvalue weighted by atomic mass is 9.88. The van der Waals surface area contributed by atoms with Crippen molar-refractivity contribution in [2.75, 3.05) is 0 Å². The van der Waals surface area contributed by atoms with E-state index in [9.17, 15) is 9.18 Å². The normalized spacial score (nSPS) is 17.1. The second-order valence-corrected chi connectivity index (χ2v) is 5.17. The number of benzene rings is 1. The highest BCUT2D eigenvalue weighted by Crippen LogP contribution is 2.39. The van der Waals surface area contributed by atoms with E-state index in [2.05, 4.69) is 10.3 Å². The molecule has 3 rings (SSSR count). The van der Waals surface area contributed by atoms with Gasteiger partial charge < -0.3 is 5.32 Å². The molecule has 1 heterocycles. The first-order valence-corrected chi connectivity index (χ1v) is 6.77. The van der Waals surface area contributed by atoms with Gasteiger partial charge in [-0.05, 0) is 18.9 Å². The van der Waals surface area contributed by atoms with Gasteiger partial charge >= 0.3 is 6.03 Å². The van der Waals surface area contributed by atoms with E-state index in [4.69, 9.17) is 0 Å². The predicted molar refractivity (Wildman–Crippen MR) is 72.7 cm³/mol. The lowest BCUT2D eigenvalue weighted by Gasteiger charge is -2.31. The van der Waals surface area contributed by atoms with Gasteiger partial charge in [0, 0.05) is 18.0 Å². The molecule has 1 fully saturated rings. The molecule has 1 saturated carbocycles. The third-order valence-electron chi connectivity index (χ3n) is 3.93. The van der Waals surface area contributed by atoms with E-state index >= 15 is 0 Å². The van der Waals surface area contributed by atoms with Gasteiger partial charge in [0.25, 0.3) is 0 Å². The maximum absolute atomic E-state index is 14.1. The molecule has 0 unspecified atom stereocenters. The molecule has 4 nitrogen and oxygen atoms in total. The minimum Gasteiger partial charge on any atom is -0.328 e. The summed E-state index contributed by atoms with van der Waals surface area (Å²) < 4.78 is 15.5. The van der Waals surface area contributed by atoms with Crippen molar-refractivity contribution in [2.24, 2.45) is 0 Å². The van der Waals surface area contributed by atoms with Crippen LogP contribution in [-0.2, 0) is 5.54 Å². The highest BCUT2D eigenvalue weighted by Gasteiger charge is 2.39. The van der Waals surface area contributed by atoms with Crippen molar-refractivity contribution in [3.63, 3.8) is 0 Å². The Bertz CT molecular complexity index is 603. The summed E-state index contributed by atoms with van der Waals surface area (Å²) in [6.45, 7) is 0. The number of imidazole rings is 1. The van der Waals surface area contributed by atoms with E-state index < -0.39 is 5.54 Å². The number of carbonyl (C=O) groups is 1. The molecule has 1 amide bonds. The number of rotatable bonds is 2. The van der Waals surface area contributed by atoms with E-state index in [1.165, 1.54) is 17.0 Å². The summed E-state index contributed by atoms with van der Waals surface area (Å²) in [5.74, 6) is -0.264. The van der Waals surface area contributed by atoms with Crippen molar-refractivity contribution in [1.29, 1.82) is 0 Å². The molecule has 0 bridgehead atoms. The van der Waals surface area contributed by atoms with Crippen LogP contribution >= 0.6 is 0 Å². The largest absolute Gasteiger partial charge is 0.328 e. The van der Waals surface area contributed by atoms with Gasteiger partial charge in [0.1, 0.15) is 12.1 Å². The second-order valence-electron chi connectivity index (χ2n) is 5.17. The molecule has 104 valence electrons. The van der Waals surface area contributed by atoms with Crippen LogP contribution < -0.4 is 5.32 Å². The van der Waals surface area contributed by atoms with Crippen molar-refractivity contribution in [1.82, 2.24) is 14.9 Å². The summed E-state index contributed by atoms with van der Waals surface area (Å²) in [6, 6.07) is 6.40. The third-order valence-corrected chi connectivity index (χ3v) is 3.93. The molecule has 1 aromatic carbocycles. The van der Waals surface area contributed by atoms with Crippen LogP contribution in [0, 0.1) is 5.82 Å². The first-order valence-electron chi connectivity index (χ1n) is 6.77. The minimum atomic E-state index is -0.604. The van der Waals surface area contributed by atoms with E-state index in [1.54, 1.807) is 24.5 Å². The Balaban J connectivity index is 1.93. The van der Waals surface area contributed by atoms with Gasteiger partial charge in [0.15, 0.2) is 0 Å². The maximum atomic E-state index is 14.1. The van der Waals surface area contributed by atoms with Crippen LogP contribution in [0.1, 0.15) is 31.2 Å². The smallest absolute Gasteiger partial charge is 0.327 e. The van der Waals surface area contributed by atoms with Gasteiger partial charge in [-0.3, -0.25) is 4.57 Å². The van der Waals surface area contributed by atoms with Crippen LogP contribution in [0.4, 0.5) is 9.18 Å². The lowest BCUT2D eigenvalue weighted by Crippen LogP contribution is -2.46. The molecule has 2 aromatic rings. The Morgan fingerprint density at radius 1 is 1.30 bits per heavy atom. The minimum absolute atomic E-state index is 0.264. The van der Waals surface area contributed by atoms with E-state index in [0.29, 0.717) is 5.56 Å². The zero-order valence-electron chi connectivity index (χ0n) is 11.1. The van der Waals surface area contributed by atoms with Crippen LogP contribution in [0.2, 0.25) is 0 Å². The molecule has 0 spiro atoms. The average molecular weight is 273 g/mol. The van der Waals surface area contributed by atoms with Crippen molar-refractivity contribution in [2.45, 2.75) is 31.2 Å². The fourth-order valence-electron chi connectivity index (χ4n) is 2.94. The van der Waals surface area contributed by atoms with Gasteiger partial charge in [-0.1, -0.05) is 31.0 Å². The molecule has 0 radical (unpaired) electrons. The van der Waals surface area contributed by atoms with Crippen LogP contribution in [0.5, 0.6) is 0 Å². The number of nitrogens with one attached hydrogen (secondary N) is 1.